The van der Waals surface area contributed by atoms with Crippen molar-refractivity contribution in [2.45, 2.75) is 13.0 Å². The molecule has 1 heterocycles. The number of pyridine rings is 1. The summed E-state index contributed by atoms with van der Waals surface area (Å²) in [6.45, 7) is 1.97. The fourth-order valence-electron chi connectivity index (χ4n) is 1.38. The van der Waals surface area contributed by atoms with Crippen LogP contribution in [0.3, 0.4) is 0 Å². The minimum Gasteiger partial charge on any atom is -0.476 e. The number of hydrogen-bond acceptors (Lipinski definition) is 5. The zero-order valence-corrected chi connectivity index (χ0v) is 10.5. The van der Waals surface area contributed by atoms with Crippen molar-refractivity contribution in [3.05, 3.63) is 23.6 Å². The summed E-state index contributed by atoms with van der Waals surface area (Å²) in [5.41, 5.74) is 5.74. The van der Waals surface area contributed by atoms with Crippen LogP contribution in [0.15, 0.2) is 12.3 Å². The van der Waals surface area contributed by atoms with E-state index in [9.17, 15) is 12.8 Å². The van der Waals surface area contributed by atoms with Gasteiger partial charge in [0.2, 0.25) is 0 Å². The van der Waals surface area contributed by atoms with Crippen molar-refractivity contribution in [2.24, 2.45) is 5.73 Å². The van der Waals surface area contributed by atoms with E-state index in [2.05, 4.69) is 4.98 Å². The monoisotopic (exact) mass is 262 g/mol. The summed E-state index contributed by atoms with van der Waals surface area (Å²) in [4.78, 5) is 3.71. The zero-order valence-electron chi connectivity index (χ0n) is 9.68. The Labute approximate surface area is 99.7 Å². The molecule has 0 aliphatic rings. The van der Waals surface area contributed by atoms with Crippen molar-refractivity contribution >= 4 is 9.84 Å². The molecule has 0 aliphatic carbocycles. The Balaban J connectivity index is 3.02. The number of nitrogens with zero attached hydrogens (tertiary/aromatic N) is 1. The maximum absolute atomic E-state index is 13.8. The smallest absolute Gasteiger partial charge is 0.250 e. The Kier molecular flexibility index (Phi) is 4.41. The highest BCUT2D eigenvalue weighted by atomic mass is 32.2. The second-order valence-electron chi connectivity index (χ2n) is 3.65. The molecule has 1 atom stereocenters. The highest BCUT2D eigenvalue weighted by Crippen LogP contribution is 2.22. The molecule has 1 unspecified atom stereocenters. The third kappa shape index (κ3) is 3.94. The Morgan fingerprint density at radius 1 is 1.59 bits per heavy atom. The van der Waals surface area contributed by atoms with Gasteiger partial charge < -0.3 is 10.5 Å². The molecule has 5 nitrogen and oxygen atoms in total. The molecular formula is C10H15FN2O3S. The summed E-state index contributed by atoms with van der Waals surface area (Å²) < 4.78 is 41.0. The second kappa shape index (κ2) is 5.42. The quantitative estimate of drug-likeness (QED) is 0.843. The first kappa shape index (κ1) is 13.9. The van der Waals surface area contributed by atoms with Crippen molar-refractivity contribution in [3.8, 4) is 5.88 Å². The van der Waals surface area contributed by atoms with E-state index in [0.29, 0.717) is 0 Å². The summed E-state index contributed by atoms with van der Waals surface area (Å²) in [5, 5.41) is 0. The van der Waals surface area contributed by atoms with Gasteiger partial charge in [-0.15, -0.1) is 0 Å². The lowest BCUT2D eigenvalue weighted by molar-refractivity contribution is 0.305. The highest BCUT2D eigenvalue weighted by Gasteiger charge is 2.19. The van der Waals surface area contributed by atoms with Crippen molar-refractivity contribution in [3.63, 3.8) is 0 Å². The summed E-state index contributed by atoms with van der Waals surface area (Å²) in [7, 11) is -3.27. The van der Waals surface area contributed by atoms with Crippen molar-refractivity contribution in [1.29, 1.82) is 0 Å². The van der Waals surface area contributed by atoms with Crippen molar-refractivity contribution < 1.29 is 17.5 Å². The Bertz CT molecular complexity index is 490. The Hall–Kier alpha value is -1.21. The highest BCUT2D eigenvalue weighted by molar-refractivity contribution is 7.90. The van der Waals surface area contributed by atoms with Crippen LogP contribution in [0.2, 0.25) is 0 Å². The molecule has 0 aromatic carbocycles. The molecule has 0 amide bonds. The van der Waals surface area contributed by atoms with E-state index in [1.165, 1.54) is 12.3 Å². The van der Waals surface area contributed by atoms with Gasteiger partial charge in [-0.1, -0.05) is 0 Å². The third-order valence-electron chi connectivity index (χ3n) is 2.05. The lowest BCUT2D eigenvalue weighted by Gasteiger charge is -2.13. The van der Waals surface area contributed by atoms with E-state index in [1.54, 1.807) is 6.92 Å². The Morgan fingerprint density at radius 2 is 2.24 bits per heavy atom. The fourth-order valence-corrected chi connectivity index (χ4v) is 2.21. The van der Waals surface area contributed by atoms with Crippen LogP contribution in [0.1, 0.15) is 18.5 Å². The van der Waals surface area contributed by atoms with Crippen LogP contribution in [-0.4, -0.2) is 32.0 Å². The molecule has 2 N–H and O–H groups in total. The number of sulfone groups is 1. The van der Waals surface area contributed by atoms with E-state index < -0.39 is 21.7 Å². The molecule has 1 rings (SSSR count). The number of ether oxygens (including phenoxy) is 1. The van der Waals surface area contributed by atoms with Crippen LogP contribution >= 0.6 is 0 Å². The van der Waals surface area contributed by atoms with Gasteiger partial charge >= 0.3 is 0 Å². The molecule has 0 saturated carbocycles. The predicted molar refractivity (Wildman–Crippen MR) is 62.0 cm³/mol. The lowest BCUT2D eigenvalue weighted by atomic mass is 10.1. The van der Waals surface area contributed by atoms with Crippen LogP contribution in [-0.2, 0) is 9.84 Å². The third-order valence-corrected chi connectivity index (χ3v) is 3.01. The van der Waals surface area contributed by atoms with Gasteiger partial charge in [-0.05, 0) is 13.0 Å². The summed E-state index contributed by atoms with van der Waals surface area (Å²) in [6.07, 6.45) is 2.39. The summed E-state index contributed by atoms with van der Waals surface area (Å²) >= 11 is 0. The average Bonchev–Trinajstić information content (AvgIpc) is 2.18. The van der Waals surface area contributed by atoms with Gasteiger partial charge in [-0.25, -0.2) is 17.8 Å². The van der Waals surface area contributed by atoms with Crippen molar-refractivity contribution in [2.75, 3.05) is 18.6 Å². The van der Waals surface area contributed by atoms with Crippen LogP contribution in [0, 0.1) is 5.82 Å². The van der Waals surface area contributed by atoms with Crippen LogP contribution < -0.4 is 10.5 Å². The summed E-state index contributed by atoms with van der Waals surface area (Å²) in [6, 6.07) is 0.431. The minimum absolute atomic E-state index is 0.0916. The molecule has 0 aliphatic heterocycles. The van der Waals surface area contributed by atoms with Crippen molar-refractivity contribution in [1.82, 2.24) is 4.98 Å². The van der Waals surface area contributed by atoms with E-state index in [-0.39, 0.29) is 23.8 Å². The molecule has 1 aromatic rings. The van der Waals surface area contributed by atoms with Gasteiger partial charge in [-0.2, -0.15) is 0 Å². The lowest BCUT2D eigenvalue weighted by Crippen LogP contribution is -2.22. The molecule has 0 radical (unpaired) electrons. The molecule has 0 saturated heterocycles. The van der Waals surface area contributed by atoms with E-state index in [1.807, 2.05) is 0 Å². The number of nitrogens with two attached hydrogens (primary N) is 1. The first-order valence-corrected chi connectivity index (χ1v) is 7.11. The molecule has 0 spiro atoms. The first-order chi connectivity index (χ1) is 7.85. The van der Waals surface area contributed by atoms with Gasteiger partial charge in [0.1, 0.15) is 9.84 Å². The maximum Gasteiger partial charge on any atom is 0.250 e. The molecule has 17 heavy (non-hydrogen) atoms. The topological polar surface area (TPSA) is 82.3 Å². The molecule has 96 valence electrons. The largest absolute Gasteiger partial charge is 0.476 e. The van der Waals surface area contributed by atoms with E-state index in [4.69, 9.17) is 10.5 Å². The van der Waals surface area contributed by atoms with Crippen LogP contribution in [0.4, 0.5) is 4.39 Å². The molecule has 0 bridgehead atoms. The first-order valence-electron chi connectivity index (χ1n) is 5.05. The van der Waals surface area contributed by atoms with Crippen LogP contribution in [0.25, 0.3) is 0 Å². The predicted octanol–water partition coefficient (Wildman–Crippen LogP) is 0.664. The van der Waals surface area contributed by atoms with Crippen LogP contribution in [0.5, 0.6) is 5.88 Å². The standard InChI is InChI=1S/C10H15FN2O3S/c1-3-16-10-9(11)7(4-5-13-10)8(12)6-17(2,14)15/h4-5,8H,3,6,12H2,1-2H3. The number of hydrogen-bond donors (Lipinski definition) is 1. The number of rotatable bonds is 5. The van der Waals surface area contributed by atoms with Gasteiger partial charge in [0.05, 0.1) is 12.4 Å². The van der Waals surface area contributed by atoms with E-state index in [0.717, 1.165) is 6.26 Å². The maximum atomic E-state index is 13.8. The van der Waals surface area contributed by atoms with Gasteiger partial charge in [0.25, 0.3) is 5.88 Å². The normalized spacial score (nSPS) is 13.4. The minimum atomic E-state index is -3.27. The molecule has 1 aromatic heterocycles. The summed E-state index contributed by atoms with van der Waals surface area (Å²) in [5.74, 6) is -1.18. The number of halogens is 1. The van der Waals surface area contributed by atoms with E-state index >= 15 is 0 Å². The van der Waals surface area contributed by atoms with Gasteiger partial charge in [0, 0.05) is 24.1 Å². The number of aromatic nitrogens is 1. The fraction of sp³-hybridized carbons (Fsp3) is 0.500. The Morgan fingerprint density at radius 3 is 2.76 bits per heavy atom. The SMILES string of the molecule is CCOc1nccc(C(N)CS(C)(=O)=O)c1F. The molecule has 7 heteroatoms. The van der Waals surface area contributed by atoms with Gasteiger partial charge in [0.15, 0.2) is 5.82 Å². The second-order valence-corrected chi connectivity index (χ2v) is 5.84. The van der Waals surface area contributed by atoms with Gasteiger partial charge in [-0.3, -0.25) is 0 Å². The molecular weight excluding hydrogens is 247 g/mol. The zero-order chi connectivity index (χ0) is 13.1. The average molecular weight is 262 g/mol. The molecule has 0 fully saturated rings.